The zero-order valence-electron chi connectivity index (χ0n) is 16.4. The number of benzene rings is 2. The first-order valence-corrected chi connectivity index (χ1v) is 10.5. The van der Waals surface area contributed by atoms with Crippen molar-refractivity contribution in [2.45, 2.75) is 20.4 Å². The molecule has 0 atom stereocenters. The Kier molecular flexibility index (Phi) is 4.56. The van der Waals surface area contributed by atoms with Crippen LogP contribution in [0.15, 0.2) is 54.2 Å². The second-order valence-electron chi connectivity index (χ2n) is 7.04. The van der Waals surface area contributed by atoms with Gasteiger partial charge in [0.15, 0.2) is 11.5 Å². The van der Waals surface area contributed by atoms with Crippen molar-refractivity contribution in [2.75, 3.05) is 18.2 Å². The number of fused-ring (bicyclic) bond motifs is 2. The Labute approximate surface area is 173 Å². The molecule has 0 saturated carbocycles. The number of aromatic nitrogens is 2. The van der Waals surface area contributed by atoms with Crippen LogP contribution in [0.1, 0.15) is 17.4 Å². The maximum Gasteiger partial charge on any atom is 0.231 e. The Morgan fingerprint density at radius 1 is 1.00 bits per heavy atom. The van der Waals surface area contributed by atoms with Gasteiger partial charge in [0.2, 0.25) is 6.79 Å². The van der Waals surface area contributed by atoms with Crippen LogP contribution in [-0.4, -0.2) is 23.3 Å². The topological polar surface area (TPSA) is 47.5 Å². The summed E-state index contributed by atoms with van der Waals surface area (Å²) in [6.07, 6.45) is 1.65. The molecule has 2 aromatic carbocycles. The summed E-state index contributed by atoms with van der Waals surface area (Å²) >= 11 is 1.79. The molecule has 5 rings (SSSR count). The molecule has 29 heavy (non-hydrogen) atoms. The quantitative estimate of drug-likeness (QED) is 0.445. The highest BCUT2D eigenvalue weighted by Crippen LogP contribution is 2.37. The molecule has 1 aliphatic heterocycles. The molecular formula is C23H21N3O2S. The zero-order valence-corrected chi connectivity index (χ0v) is 17.2. The Bertz CT molecular complexity index is 1190. The molecule has 0 fully saturated rings. The summed E-state index contributed by atoms with van der Waals surface area (Å²) in [7, 11) is 0. The lowest BCUT2D eigenvalue weighted by Gasteiger charge is -2.23. The maximum absolute atomic E-state index is 5.54. The molecule has 146 valence electrons. The number of hydrogen-bond donors (Lipinski definition) is 0. The van der Waals surface area contributed by atoms with E-state index in [0.717, 1.165) is 52.4 Å². The Morgan fingerprint density at radius 3 is 2.66 bits per heavy atom. The lowest BCUT2D eigenvalue weighted by molar-refractivity contribution is 0.174. The summed E-state index contributed by atoms with van der Waals surface area (Å²) in [6.45, 7) is 6.33. The third kappa shape index (κ3) is 3.29. The zero-order chi connectivity index (χ0) is 19.8. The van der Waals surface area contributed by atoms with Crippen molar-refractivity contribution < 1.29 is 9.47 Å². The largest absolute Gasteiger partial charge is 0.454 e. The van der Waals surface area contributed by atoms with Crippen LogP contribution in [0.25, 0.3) is 22.0 Å². The van der Waals surface area contributed by atoms with E-state index in [1.54, 1.807) is 17.7 Å². The predicted molar refractivity (Wildman–Crippen MR) is 117 cm³/mol. The molecule has 4 aromatic rings. The molecule has 2 aromatic heterocycles. The molecule has 6 heteroatoms. The summed E-state index contributed by atoms with van der Waals surface area (Å²) in [6, 6.07) is 14.5. The molecule has 3 heterocycles. The number of nitrogens with zero attached hydrogens (tertiary/aromatic N) is 3. The fourth-order valence-corrected chi connectivity index (χ4v) is 4.55. The van der Waals surface area contributed by atoms with E-state index < -0.39 is 0 Å². The molecule has 1 aliphatic rings. The van der Waals surface area contributed by atoms with Gasteiger partial charge in [0.1, 0.15) is 12.1 Å². The van der Waals surface area contributed by atoms with Crippen LogP contribution < -0.4 is 14.4 Å². The van der Waals surface area contributed by atoms with Gasteiger partial charge in [-0.2, -0.15) is 0 Å². The van der Waals surface area contributed by atoms with Gasteiger partial charge in [0.25, 0.3) is 0 Å². The normalized spacial score (nSPS) is 12.5. The molecule has 0 aliphatic carbocycles. The first-order chi connectivity index (χ1) is 14.2. The molecule has 0 unspecified atom stereocenters. The minimum Gasteiger partial charge on any atom is -0.454 e. The molecular weight excluding hydrogens is 382 g/mol. The number of thiophene rings is 1. The second-order valence-corrected chi connectivity index (χ2v) is 8.04. The fourth-order valence-electron chi connectivity index (χ4n) is 3.63. The molecule has 0 spiro atoms. The molecule has 5 nitrogen and oxygen atoms in total. The standard InChI is InChI=1S/C23H21N3O2S/c1-3-26(12-22-15(2)8-9-29-22)23-18-10-16(4-6-19(18)24-13-25-23)17-5-7-20-21(11-17)28-14-27-20/h4-11,13H,3,12,14H2,1-2H3. The van der Waals surface area contributed by atoms with E-state index in [-0.39, 0.29) is 6.79 Å². The second kappa shape index (κ2) is 7.37. The van der Waals surface area contributed by atoms with Crippen molar-refractivity contribution in [1.82, 2.24) is 9.97 Å². The van der Waals surface area contributed by atoms with E-state index in [1.807, 2.05) is 12.1 Å². The summed E-state index contributed by atoms with van der Waals surface area (Å²) in [5.41, 5.74) is 4.46. The van der Waals surface area contributed by atoms with Crippen LogP contribution in [0.5, 0.6) is 11.5 Å². The van der Waals surface area contributed by atoms with Gasteiger partial charge in [-0.1, -0.05) is 12.1 Å². The van der Waals surface area contributed by atoms with E-state index >= 15 is 0 Å². The van der Waals surface area contributed by atoms with Gasteiger partial charge in [-0.05, 0) is 66.2 Å². The van der Waals surface area contributed by atoms with Crippen molar-refractivity contribution in [2.24, 2.45) is 0 Å². The summed E-state index contributed by atoms with van der Waals surface area (Å²) < 4.78 is 11.0. The average Bonchev–Trinajstić information content (AvgIpc) is 3.39. The number of aryl methyl sites for hydroxylation is 1. The van der Waals surface area contributed by atoms with Crippen molar-refractivity contribution in [3.63, 3.8) is 0 Å². The van der Waals surface area contributed by atoms with Crippen molar-refractivity contribution >= 4 is 28.1 Å². The number of hydrogen-bond acceptors (Lipinski definition) is 6. The third-order valence-corrected chi connectivity index (χ3v) is 6.31. The predicted octanol–water partition coefficient (Wildman–Crippen LogP) is 5.42. The van der Waals surface area contributed by atoms with Gasteiger partial charge in [0.05, 0.1) is 12.1 Å². The number of rotatable bonds is 5. The smallest absolute Gasteiger partial charge is 0.231 e. The highest BCUT2D eigenvalue weighted by Gasteiger charge is 2.16. The van der Waals surface area contributed by atoms with E-state index in [1.165, 1.54) is 10.4 Å². The van der Waals surface area contributed by atoms with Gasteiger partial charge in [0, 0.05) is 16.8 Å². The summed E-state index contributed by atoms with van der Waals surface area (Å²) in [4.78, 5) is 12.8. The van der Waals surface area contributed by atoms with Crippen molar-refractivity contribution in [3.8, 4) is 22.6 Å². The lowest BCUT2D eigenvalue weighted by Crippen LogP contribution is -2.23. The van der Waals surface area contributed by atoms with Crippen LogP contribution in [0.3, 0.4) is 0 Å². The van der Waals surface area contributed by atoms with Gasteiger partial charge >= 0.3 is 0 Å². The fraction of sp³-hybridized carbons (Fsp3) is 0.217. The van der Waals surface area contributed by atoms with Gasteiger partial charge in [-0.25, -0.2) is 9.97 Å². The van der Waals surface area contributed by atoms with Crippen molar-refractivity contribution in [3.05, 3.63) is 64.6 Å². The number of ether oxygens (including phenoxy) is 2. The first kappa shape index (κ1) is 17.9. The van der Waals surface area contributed by atoms with Crippen LogP contribution in [0.4, 0.5) is 5.82 Å². The highest BCUT2D eigenvalue weighted by atomic mass is 32.1. The molecule has 0 saturated heterocycles. The third-order valence-electron chi connectivity index (χ3n) is 5.30. The Hall–Kier alpha value is -3.12. The number of anilines is 1. The molecule has 0 N–H and O–H groups in total. The van der Waals surface area contributed by atoms with Gasteiger partial charge in [-0.3, -0.25) is 0 Å². The summed E-state index contributed by atoms with van der Waals surface area (Å²) in [5.74, 6) is 2.55. The van der Waals surface area contributed by atoms with Crippen molar-refractivity contribution in [1.29, 1.82) is 0 Å². The van der Waals surface area contributed by atoms with Crippen LogP contribution >= 0.6 is 11.3 Å². The van der Waals surface area contributed by atoms with Crippen LogP contribution in [0, 0.1) is 6.92 Å². The van der Waals surface area contributed by atoms with Crippen LogP contribution in [-0.2, 0) is 6.54 Å². The average molecular weight is 404 g/mol. The molecule has 0 amide bonds. The van der Waals surface area contributed by atoms with Gasteiger partial charge < -0.3 is 14.4 Å². The maximum atomic E-state index is 5.54. The van der Waals surface area contributed by atoms with Gasteiger partial charge in [-0.15, -0.1) is 11.3 Å². The Balaban J connectivity index is 1.57. The minimum atomic E-state index is 0.280. The van der Waals surface area contributed by atoms with E-state index in [2.05, 4.69) is 64.4 Å². The minimum absolute atomic E-state index is 0.280. The highest BCUT2D eigenvalue weighted by molar-refractivity contribution is 7.10. The summed E-state index contributed by atoms with van der Waals surface area (Å²) in [5, 5.41) is 3.20. The van der Waals surface area contributed by atoms with E-state index in [4.69, 9.17) is 9.47 Å². The SMILES string of the molecule is CCN(Cc1sccc1C)c1ncnc2ccc(-c3ccc4c(c3)OCO4)cc12. The van der Waals surface area contributed by atoms with E-state index in [0.29, 0.717) is 0 Å². The molecule has 0 bridgehead atoms. The Morgan fingerprint density at radius 2 is 1.83 bits per heavy atom. The first-order valence-electron chi connectivity index (χ1n) is 9.65. The lowest BCUT2D eigenvalue weighted by atomic mass is 10.0. The van der Waals surface area contributed by atoms with E-state index in [9.17, 15) is 0 Å². The monoisotopic (exact) mass is 403 g/mol. The molecule has 0 radical (unpaired) electrons. The van der Waals surface area contributed by atoms with Crippen LogP contribution in [0.2, 0.25) is 0 Å².